The molecule has 0 aliphatic carbocycles. The van der Waals surface area contributed by atoms with Crippen LogP contribution in [0.4, 0.5) is 0 Å². The minimum Gasteiger partial charge on any atom is -0.508 e. The second-order valence-corrected chi connectivity index (χ2v) is 7.43. The van der Waals surface area contributed by atoms with Gasteiger partial charge < -0.3 is 14.9 Å². The Morgan fingerprint density at radius 2 is 2.03 bits per heavy atom. The molecular weight excluding hydrogens is 382 g/mol. The van der Waals surface area contributed by atoms with Gasteiger partial charge in [0.15, 0.2) is 0 Å². The van der Waals surface area contributed by atoms with Crippen molar-refractivity contribution in [2.45, 2.75) is 25.6 Å². The molecule has 30 heavy (non-hydrogen) atoms. The molecule has 0 bridgehead atoms. The molecule has 2 amide bonds. The van der Waals surface area contributed by atoms with Gasteiger partial charge in [0.25, 0.3) is 5.91 Å². The van der Waals surface area contributed by atoms with E-state index >= 15 is 0 Å². The second-order valence-electron chi connectivity index (χ2n) is 7.43. The van der Waals surface area contributed by atoms with E-state index < -0.39 is 0 Å². The Morgan fingerprint density at radius 3 is 2.80 bits per heavy atom. The smallest absolute Gasteiger partial charge is 0.254 e. The summed E-state index contributed by atoms with van der Waals surface area (Å²) in [4.78, 5) is 33.4. The summed E-state index contributed by atoms with van der Waals surface area (Å²) in [5.41, 5.74) is 2.11. The summed E-state index contributed by atoms with van der Waals surface area (Å²) < 4.78 is 1.83. The van der Waals surface area contributed by atoms with E-state index in [2.05, 4.69) is 10.1 Å². The van der Waals surface area contributed by atoms with Gasteiger partial charge >= 0.3 is 0 Å². The SMILES string of the molecule is CN(Cc1ccccn1)C(=O)C[C@H]1CN(C(=O)c2cccc(O)c2)Cc2ccnn21. The van der Waals surface area contributed by atoms with E-state index in [1.807, 2.05) is 28.9 Å². The molecule has 3 heterocycles. The van der Waals surface area contributed by atoms with Crippen LogP contribution >= 0.6 is 0 Å². The van der Waals surface area contributed by atoms with Crippen LogP contribution in [0.15, 0.2) is 60.9 Å². The first-order chi connectivity index (χ1) is 14.5. The maximum absolute atomic E-state index is 13.0. The first-order valence-corrected chi connectivity index (χ1v) is 9.76. The lowest BCUT2D eigenvalue weighted by Crippen LogP contribution is -2.43. The normalized spacial score (nSPS) is 15.5. The zero-order valence-corrected chi connectivity index (χ0v) is 16.7. The monoisotopic (exact) mass is 405 g/mol. The molecule has 1 atom stereocenters. The number of aromatic hydroxyl groups is 1. The molecule has 0 spiro atoms. The molecule has 0 saturated carbocycles. The molecule has 0 fully saturated rings. The number of benzene rings is 1. The van der Waals surface area contributed by atoms with E-state index in [9.17, 15) is 14.7 Å². The topological polar surface area (TPSA) is 91.6 Å². The number of amides is 2. The van der Waals surface area contributed by atoms with Crippen molar-refractivity contribution in [3.63, 3.8) is 0 Å². The highest BCUT2D eigenvalue weighted by atomic mass is 16.3. The number of phenolic OH excluding ortho intramolecular Hbond substituents is 1. The van der Waals surface area contributed by atoms with E-state index in [-0.39, 0.29) is 30.0 Å². The van der Waals surface area contributed by atoms with Gasteiger partial charge in [0.2, 0.25) is 5.91 Å². The summed E-state index contributed by atoms with van der Waals surface area (Å²) in [6.45, 7) is 1.19. The maximum Gasteiger partial charge on any atom is 0.254 e. The zero-order chi connectivity index (χ0) is 21.1. The molecule has 4 rings (SSSR count). The summed E-state index contributed by atoms with van der Waals surface area (Å²) in [5.74, 6) is -0.179. The van der Waals surface area contributed by atoms with Gasteiger partial charge in [-0.1, -0.05) is 12.1 Å². The third kappa shape index (κ3) is 4.17. The number of pyridine rings is 1. The van der Waals surface area contributed by atoms with E-state index in [4.69, 9.17) is 0 Å². The molecule has 154 valence electrons. The predicted octanol–water partition coefficient (Wildman–Crippen LogP) is 2.23. The molecule has 1 aromatic carbocycles. The van der Waals surface area contributed by atoms with Crippen molar-refractivity contribution in [2.24, 2.45) is 0 Å². The lowest BCUT2D eigenvalue weighted by molar-refractivity contribution is -0.131. The standard InChI is InChI=1S/C22H23N5O3/c1-25(13-17-6-2-3-9-23-17)21(29)12-19-15-26(14-18-8-10-24-27(18)19)22(30)16-5-4-7-20(28)11-16/h2-11,19,28H,12-15H2,1H3/t19-/m0/s1. The quantitative estimate of drug-likeness (QED) is 0.703. The highest BCUT2D eigenvalue weighted by Crippen LogP contribution is 2.25. The molecule has 0 radical (unpaired) electrons. The Morgan fingerprint density at radius 1 is 1.17 bits per heavy atom. The summed E-state index contributed by atoms with van der Waals surface area (Å²) in [5, 5.41) is 14.1. The summed E-state index contributed by atoms with van der Waals surface area (Å²) >= 11 is 0. The van der Waals surface area contributed by atoms with Crippen molar-refractivity contribution < 1.29 is 14.7 Å². The Hall–Kier alpha value is -3.68. The van der Waals surface area contributed by atoms with Crippen molar-refractivity contribution in [3.8, 4) is 5.75 Å². The van der Waals surface area contributed by atoms with Crippen LogP contribution in [0.1, 0.15) is 34.2 Å². The molecular formula is C22H23N5O3. The second kappa shape index (κ2) is 8.36. The van der Waals surface area contributed by atoms with Crippen LogP contribution in [0.5, 0.6) is 5.75 Å². The van der Waals surface area contributed by atoms with Crippen molar-refractivity contribution >= 4 is 11.8 Å². The largest absolute Gasteiger partial charge is 0.508 e. The molecule has 0 unspecified atom stereocenters. The van der Waals surface area contributed by atoms with Crippen molar-refractivity contribution in [1.29, 1.82) is 0 Å². The molecule has 8 nitrogen and oxygen atoms in total. The van der Waals surface area contributed by atoms with Crippen LogP contribution in [0.2, 0.25) is 0 Å². The summed E-state index contributed by atoms with van der Waals surface area (Å²) in [6, 6.07) is 13.5. The van der Waals surface area contributed by atoms with Gasteiger partial charge in [-0.15, -0.1) is 0 Å². The van der Waals surface area contributed by atoms with Crippen LogP contribution in [0.3, 0.4) is 0 Å². The lowest BCUT2D eigenvalue weighted by atomic mass is 10.1. The van der Waals surface area contributed by atoms with Crippen molar-refractivity contribution in [2.75, 3.05) is 13.6 Å². The third-order valence-corrected chi connectivity index (χ3v) is 5.22. The van der Waals surface area contributed by atoms with Crippen LogP contribution in [0.25, 0.3) is 0 Å². The fourth-order valence-electron chi connectivity index (χ4n) is 3.69. The van der Waals surface area contributed by atoms with Gasteiger partial charge in [-0.25, -0.2) is 0 Å². The Bertz CT molecular complexity index is 1050. The van der Waals surface area contributed by atoms with Gasteiger partial charge in [-0.3, -0.25) is 19.3 Å². The number of hydrogen-bond donors (Lipinski definition) is 1. The first-order valence-electron chi connectivity index (χ1n) is 9.76. The number of hydrogen-bond acceptors (Lipinski definition) is 5. The van der Waals surface area contributed by atoms with Crippen LogP contribution in [-0.4, -0.2) is 55.1 Å². The number of rotatable bonds is 5. The average molecular weight is 405 g/mol. The molecule has 2 aromatic heterocycles. The van der Waals surface area contributed by atoms with Crippen molar-refractivity contribution in [3.05, 3.63) is 77.9 Å². The van der Waals surface area contributed by atoms with E-state index in [0.717, 1.165) is 11.4 Å². The number of phenols is 1. The van der Waals surface area contributed by atoms with Crippen LogP contribution in [0, 0.1) is 0 Å². The van der Waals surface area contributed by atoms with Crippen molar-refractivity contribution in [1.82, 2.24) is 24.6 Å². The van der Waals surface area contributed by atoms with Crippen LogP contribution in [-0.2, 0) is 17.9 Å². The summed E-state index contributed by atoms with van der Waals surface area (Å²) in [6.07, 6.45) is 3.62. The minimum absolute atomic E-state index is 0.0428. The molecule has 1 aliphatic rings. The number of nitrogens with zero attached hydrogens (tertiary/aromatic N) is 5. The summed E-state index contributed by atoms with van der Waals surface area (Å²) in [7, 11) is 1.75. The van der Waals surface area contributed by atoms with E-state index in [1.54, 1.807) is 41.4 Å². The minimum atomic E-state index is -0.260. The van der Waals surface area contributed by atoms with Crippen LogP contribution < -0.4 is 0 Å². The maximum atomic E-state index is 13.0. The highest BCUT2D eigenvalue weighted by Gasteiger charge is 2.31. The predicted molar refractivity (Wildman–Crippen MR) is 109 cm³/mol. The van der Waals surface area contributed by atoms with Gasteiger partial charge in [0.1, 0.15) is 5.75 Å². The number of carbonyl (C=O) groups excluding carboxylic acids is 2. The first kappa shape index (κ1) is 19.6. The highest BCUT2D eigenvalue weighted by molar-refractivity contribution is 5.94. The Balaban J connectivity index is 1.48. The average Bonchev–Trinajstić information content (AvgIpc) is 3.23. The van der Waals surface area contributed by atoms with Gasteiger partial charge in [0.05, 0.1) is 36.9 Å². The molecule has 3 aromatic rings. The number of fused-ring (bicyclic) bond motifs is 1. The Kier molecular flexibility index (Phi) is 5.47. The Labute approximate surface area is 174 Å². The van der Waals surface area contributed by atoms with Gasteiger partial charge in [0, 0.05) is 31.5 Å². The fraction of sp³-hybridized carbons (Fsp3) is 0.273. The zero-order valence-electron chi connectivity index (χ0n) is 16.7. The number of carbonyl (C=O) groups is 2. The molecule has 8 heteroatoms. The van der Waals surface area contributed by atoms with Gasteiger partial charge in [-0.05, 0) is 36.4 Å². The third-order valence-electron chi connectivity index (χ3n) is 5.22. The van der Waals surface area contributed by atoms with E-state index in [1.165, 1.54) is 12.1 Å². The lowest BCUT2D eigenvalue weighted by Gasteiger charge is -2.34. The molecule has 1 N–H and O–H groups in total. The number of aromatic nitrogens is 3. The van der Waals surface area contributed by atoms with E-state index in [0.29, 0.717) is 25.2 Å². The van der Waals surface area contributed by atoms with Gasteiger partial charge in [-0.2, -0.15) is 5.10 Å². The molecule has 0 saturated heterocycles. The fourth-order valence-corrected chi connectivity index (χ4v) is 3.69. The molecule has 1 aliphatic heterocycles.